The van der Waals surface area contributed by atoms with Crippen LogP contribution in [-0.4, -0.2) is 104 Å². The van der Waals surface area contributed by atoms with Crippen LogP contribution >= 0.6 is 0 Å². The standard InChI is InChI=1S/C24H23N9O.C15H16N4.C8H9N5/c1-15-11-16(5-8-25-15)19-3-4-21-22(28-19)33(18-7-10-32(21)14-18)24(34)30-23-26-9-6-20(29-23)17-12-27-31(2)13-17;1-10-8-11(4-6-16-10)13-2-3-14-15(18-13)17-12-5-7-19(14)9-12;1-13-5-6(4-11-13)7-2-3-10-8(9)12-7/h3-6,8-9,11-13,18H,7,10,14H2,1-2H3,(H,26,29,30,34);2-4,6,8,12H,5,7,9H2,1H3,(H,17,18);2-5H,1H3,(H2,9,10,12)/t18-;12-;/m00./s1. The first-order valence-corrected chi connectivity index (χ1v) is 21.7. The molecule has 19 nitrogen and oxygen atoms in total. The highest BCUT2D eigenvalue weighted by Crippen LogP contribution is 2.41. The summed E-state index contributed by atoms with van der Waals surface area (Å²) < 4.78 is 3.42. The molecule has 332 valence electrons. The third-order valence-electron chi connectivity index (χ3n) is 11.8. The van der Waals surface area contributed by atoms with Crippen LogP contribution in [0.5, 0.6) is 0 Å². The summed E-state index contributed by atoms with van der Waals surface area (Å²) in [6.07, 6.45) is 16.2. The van der Waals surface area contributed by atoms with Crippen molar-refractivity contribution in [2.75, 3.05) is 57.2 Å². The third-order valence-corrected chi connectivity index (χ3v) is 11.8. The number of nitrogen functional groups attached to an aromatic ring is 1. The molecule has 12 rings (SSSR count). The first kappa shape index (κ1) is 41.6. The number of fused-ring (bicyclic) bond motifs is 8. The van der Waals surface area contributed by atoms with Crippen LogP contribution in [0.3, 0.4) is 0 Å². The molecule has 19 heteroatoms. The number of aryl methyl sites for hydroxylation is 4. The predicted octanol–water partition coefficient (Wildman–Crippen LogP) is 6.19. The van der Waals surface area contributed by atoms with Crippen LogP contribution in [0.15, 0.2) is 110 Å². The number of amides is 2. The van der Waals surface area contributed by atoms with Gasteiger partial charge in [-0.3, -0.25) is 29.5 Å². The number of hydrogen-bond donors (Lipinski definition) is 3. The van der Waals surface area contributed by atoms with E-state index in [4.69, 9.17) is 15.7 Å². The van der Waals surface area contributed by atoms with Crippen LogP contribution in [-0.2, 0) is 14.1 Å². The van der Waals surface area contributed by atoms with Crippen molar-refractivity contribution in [1.29, 1.82) is 0 Å². The minimum atomic E-state index is -0.285. The summed E-state index contributed by atoms with van der Waals surface area (Å²) in [5.74, 6) is 2.21. The molecule has 0 spiro atoms. The van der Waals surface area contributed by atoms with Crippen molar-refractivity contribution in [3.63, 3.8) is 0 Å². The molecular weight excluding hydrogens is 833 g/mol. The van der Waals surface area contributed by atoms with Gasteiger partial charge in [-0.25, -0.2) is 34.7 Å². The van der Waals surface area contributed by atoms with E-state index >= 15 is 0 Å². The van der Waals surface area contributed by atoms with Gasteiger partial charge in [0.15, 0.2) is 11.6 Å². The van der Waals surface area contributed by atoms with Gasteiger partial charge in [-0.1, -0.05) is 0 Å². The minimum Gasteiger partial charge on any atom is -0.368 e. The predicted molar refractivity (Wildman–Crippen MR) is 254 cm³/mol. The number of aromatic nitrogens is 12. The quantitative estimate of drug-likeness (QED) is 0.176. The maximum atomic E-state index is 13.5. The average Bonchev–Trinajstić information content (AvgIpc) is 4.15. The van der Waals surface area contributed by atoms with Crippen LogP contribution in [0, 0.1) is 13.8 Å². The molecule has 8 aromatic heterocycles. The lowest BCUT2D eigenvalue weighted by Gasteiger charge is -2.35. The zero-order chi connectivity index (χ0) is 45.3. The molecule has 4 bridgehead atoms. The Bertz CT molecular complexity index is 3060. The Morgan fingerprint density at radius 2 is 1.24 bits per heavy atom. The first-order chi connectivity index (χ1) is 32.1. The van der Waals surface area contributed by atoms with Gasteiger partial charge < -0.3 is 20.9 Å². The molecule has 2 amide bonds. The molecule has 12 heterocycles. The van der Waals surface area contributed by atoms with Crippen molar-refractivity contribution in [3.8, 4) is 45.0 Å². The van der Waals surface area contributed by atoms with Crippen LogP contribution in [0.2, 0.25) is 0 Å². The largest absolute Gasteiger partial charge is 0.368 e. The molecule has 0 unspecified atom stereocenters. The maximum Gasteiger partial charge on any atom is 0.330 e. The lowest BCUT2D eigenvalue weighted by atomic mass is 10.1. The SMILES string of the molecule is Cc1cc(-c2ccc3c(n2)N(C(=O)Nc2nccc(-c4cnn(C)c4)n2)[C@H]2CCN3C2)ccn1.Cc1cc(-c2ccc3c(n2)N[C@H]2CCN3C2)ccn1.Cn1cc(-c2ccnc(N)n2)cn1. The Hall–Kier alpha value is -8.35. The second-order valence-corrected chi connectivity index (χ2v) is 16.6. The number of carbonyl (C=O) groups excluding carboxylic acids is 1. The zero-order valence-corrected chi connectivity index (χ0v) is 37.0. The highest BCUT2D eigenvalue weighted by atomic mass is 16.2. The number of urea groups is 1. The second-order valence-electron chi connectivity index (χ2n) is 16.6. The van der Waals surface area contributed by atoms with Gasteiger partial charge in [-0.15, -0.1) is 0 Å². The average molecular weight is 881 g/mol. The van der Waals surface area contributed by atoms with E-state index in [1.807, 2.05) is 70.8 Å². The number of anilines is 6. The van der Waals surface area contributed by atoms with E-state index in [2.05, 4.69) is 84.8 Å². The molecule has 2 saturated heterocycles. The van der Waals surface area contributed by atoms with E-state index in [0.717, 1.165) is 94.8 Å². The summed E-state index contributed by atoms with van der Waals surface area (Å²) in [7, 11) is 3.70. The molecule has 2 atom stereocenters. The van der Waals surface area contributed by atoms with Crippen molar-refractivity contribution in [1.82, 2.24) is 59.4 Å². The van der Waals surface area contributed by atoms with Crippen LogP contribution < -0.4 is 31.1 Å². The monoisotopic (exact) mass is 880 g/mol. The van der Waals surface area contributed by atoms with E-state index in [-0.39, 0.29) is 24.0 Å². The van der Waals surface area contributed by atoms with Crippen molar-refractivity contribution >= 4 is 40.9 Å². The molecule has 0 aliphatic carbocycles. The van der Waals surface area contributed by atoms with Gasteiger partial charge in [-0.05, 0) is 87.4 Å². The fraction of sp³-hybridized carbons (Fsp3) is 0.255. The van der Waals surface area contributed by atoms with Gasteiger partial charge in [0.2, 0.25) is 11.9 Å². The Morgan fingerprint density at radius 3 is 1.89 bits per heavy atom. The summed E-state index contributed by atoms with van der Waals surface area (Å²) in [6.45, 7) is 7.89. The van der Waals surface area contributed by atoms with E-state index in [9.17, 15) is 4.79 Å². The summed E-state index contributed by atoms with van der Waals surface area (Å²) in [5, 5.41) is 14.7. The summed E-state index contributed by atoms with van der Waals surface area (Å²) in [5.41, 5.74) is 16.8. The van der Waals surface area contributed by atoms with E-state index < -0.39 is 0 Å². The molecular formula is C47H48N18O. The van der Waals surface area contributed by atoms with Gasteiger partial charge >= 0.3 is 6.03 Å². The van der Waals surface area contributed by atoms with Crippen LogP contribution in [0.1, 0.15) is 24.2 Å². The topological polar surface area (TPSA) is 216 Å². The summed E-state index contributed by atoms with van der Waals surface area (Å²) >= 11 is 0. The van der Waals surface area contributed by atoms with Crippen LogP contribution in [0.4, 0.5) is 39.7 Å². The number of nitrogens with one attached hydrogen (secondary N) is 2. The lowest BCUT2D eigenvalue weighted by molar-refractivity contribution is 0.254. The number of nitrogens with two attached hydrogens (primary N) is 1. The highest BCUT2D eigenvalue weighted by Gasteiger charge is 2.40. The molecule has 4 aliphatic rings. The number of hydrogen-bond acceptors (Lipinski definition) is 15. The van der Waals surface area contributed by atoms with Crippen molar-refractivity contribution in [2.45, 2.75) is 38.8 Å². The normalized spacial score (nSPS) is 16.3. The number of pyridine rings is 4. The molecule has 0 aromatic carbocycles. The van der Waals surface area contributed by atoms with Gasteiger partial charge in [-0.2, -0.15) is 10.2 Å². The molecule has 8 aromatic rings. The third kappa shape index (κ3) is 8.77. The highest BCUT2D eigenvalue weighted by molar-refractivity contribution is 6.04. The van der Waals surface area contributed by atoms with E-state index in [1.165, 1.54) is 12.1 Å². The fourth-order valence-electron chi connectivity index (χ4n) is 8.68. The smallest absolute Gasteiger partial charge is 0.330 e. The number of carbonyl (C=O) groups is 1. The molecule has 0 saturated carbocycles. The van der Waals surface area contributed by atoms with Gasteiger partial charge in [0, 0.05) is 117 Å². The van der Waals surface area contributed by atoms with Gasteiger partial charge in [0.05, 0.1) is 52.6 Å². The molecule has 4 aliphatic heterocycles. The van der Waals surface area contributed by atoms with Crippen molar-refractivity contribution in [3.05, 3.63) is 122 Å². The molecule has 66 heavy (non-hydrogen) atoms. The number of rotatable bonds is 5. The second kappa shape index (κ2) is 17.7. The summed E-state index contributed by atoms with van der Waals surface area (Å²) in [4.78, 5) is 54.9. The Kier molecular flexibility index (Phi) is 11.1. The zero-order valence-electron chi connectivity index (χ0n) is 37.0. The van der Waals surface area contributed by atoms with Crippen molar-refractivity contribution < 1.29 is 4.79 Å². The lowest BCUT2D eigenvalue weighted by Crippen LogP contribution is -2.48. The number of nitrogens with zero attached hydrogens (tertiary/aromatic N) is 15. The van der Waals surface area contributed by atoms with E-state index in [1.54, 1.807) is 57.4 Å². The Balaban J connectivity index is 0.000000133. The fourth-order valence-corrected chi connectivity index (χ4v) is 8.68. The first-order valence-electron chi connectivity index (χ1n) is 21.7. The van der Waals surface area contributed by atoms with Crippen molar-refractivity contribution in [2.24, 2.45) is 14.1 Å². The molecule has 4 N–H and O–H groups in total. The summed E-state index contributed by atoms with van der Waals surface area (Å²) in [6, 6.07) is 20.3. The van der Waals surface area contributed by atoms with E-state index in [0.29, 0.717) is 17.6 Å². The van der Waals surface area contributed by atoms with Gasteiger partial charge in [0.1, 0.15) is 0 Å². The molecule has 0 radical (unpaired) electrons. The van der Waals surface area contributed by atoms with Crippen LogP contribution in [0.25, 0.3) is 45.0 Å². The van der Waals surface area contributed by atoms with Gasteiger partial charge in [0.25, 0.3) is 0 Å². The minimum absolute atomic E-state index is 0.0379. The maximum absolute atomic E-state index is 13.5. The molecule has 2 fully saturated rings. The Morgan fingerprint density at radius 1 is 0.652 bits per heavy atom. The Labute approximate surface area is 380 Å².